The van der Waals surface area contributed by atoms with Gasteiger partial charge in [0.15, 0.2) is 0 Å². The summed E-state index contributed by atoms with van der Waals surface area (Å²) in [6.07, 6.45) is 9.06. The van der Waals surface area contributed by atoms with Crippen LogP contribution in [0.1, 0.15) is 58.3 Å². The zero-order valence-electron chi connectivity index (χ0n) is 21.8. The third-order valence-corrected chi connectivity index (χ3v) is 12.0. The number of unbranched alkanes of at least 4 members (excludes halogenated alkanes) is 1. The van der Waals surface area contributed by atoms with Crippen LogP contribution in [0.2, 0.25) is 0 Å². The third-order valence-electron chi connectivity index (χ3n) is 8.74. The lowest BCUT2D eigenvalue weighted by atomic mass is 9.49. The van der Waals surface area contributed by atoms with Crippen molar-refractivity contribution in [1.82, 2.24) is 0 Å². The summed E-state index contributed by atoms with van der Waals surface area (Å²) >= 11 is 0. The van der Waals surface area contributed by atoms with E-state index in [-0.39, 0.29) is 11.4 Å². The fourth-order valence-electron chi connectivity index (χ4n) is 7.40. The van der Waals surface area contributed by atoms with Gasteiger partial charge in [-0.2, -0.15) is 0 Å². The Labute approximate surface area is 223 Å². The molecule has 0 radical (unpaired) electrons. The average molecular weight is 515 g/mol. The monoisotopic (exact) mass is 514 g/mol. The van der Waals surface area contributed by atoms with Gasteiger partial charge in [0.2, 0.25) is 0 Å². The highest BCUT2D eigenvalue weighted by Crippen LogP contribution is 2.71. The molecule has 0 spiro atoms. The van der Waals surface area contributed by atoms with Crippen LogP contribution in [-0.4, -0.2) is 12.6 Å². The van der Waals surface area contributed by atoms with E-state index in [0.29, 0.717) is 24.4 Å². The number of hydrogen-bond acceptors (Lipinski definition) is 3. The van der Waals surface area contributed by atoms with Gasteiger partial charge in [0, 0.05) is 14.7 Å². The van der Waals surface area contributed by atoms with Gasteiger partial charge in [-0.1, -0.05) is 49.7 Å². The van der Waals surface area contributed by atoms with Gasteiger partial charge in [-0.25, -0.2) is 0 Å². The van der Waals surface area contributed by atoms with Crippen molar-refractivity contribution in [2.75, 3.05) is 6.61 Å². The number of carbonyl (C=O) groups is 1. The van der Waals surface area contributed by atoms with Crippen LogP contribution in [0.3, 0.4) is 0 Å². The van der Waals surface area contributed by atoms with Crippen molar-refractivity contribution >= 4 is 16.3 Å². The summed E-state index contributed by atoms with van der Waals surface area (Å²) in [5.74, 6) is 2.96. The summed E-state index contributed by atoms with van der Waals surface area (Å²) in [7, 11) is -2.27. The van der Waals surface area contributed by atoms with E-state index in [4.69, 9.17) is 8.92 Å². The average Bonchev–Trinajstić information content (AvgIpc) is 2.92. The summed E-state index contributed by atoms with van der Waals surface area (Å²) < 4.78 is 13.0. The van der Waals surface area contributed by atoms with E-state index in [2.05, 4.69) is 67.6 Å². The molecule has 0 N–H and O–H groups in total. The first-order chi connectivity index (χ1) is 18.1. The summed E-state index contributed by atoms with van der Waals surface area (Å²) in [5, 5.41) is 0. The molecule has 4 aliphatic rings. The largest absolute Gasteiger partial charge is 0.494 e. The van der Waals surface area contributed by atoms with E-state index in [1.807, 2.05) is 24.3 Å². The second-order valence-corrected chi connectivity index (χ2v) is 14.1. The van der Waals surface area contributed by atoms with Crippen molar-refractivity contribution in [2.45, 2.75) is 73.0 Å². The molecular weight excluding hydrogens is 476 g/mol. The second-order valence-electron chi connectivity index (χ2n) is 11.4. The Balaban J connectivity index is 1.43. The first-order valence-electron chi connectivity index (χ1n) is 14.0. The van der Waals surface area contributed by atoms with Crippen molar-refractivity contribution < 1.29 is 13.7 Å². The Kier molecular flexibility index (Phi) is 6.79. The fraction of sp³-hybridized carbons (Fsp3) is 0.424. The predicted octanol–water partition coefficient (Wildman–Crippen LogP) is 8.82. The highest BCUT2D eigenvalue weighted by molar-refractivity contribution is 8.30. The predicted molar refractivity (Wildman–Crippen MR) is 149 cm³/mol. The molecule has 3 aromatic rings. The third kappa shape index (κ3) is 4.58. The summed E-state index contributed by atoms with van der Waals surface area (Å²) in [6.45, 7) is 2.88. The van der Waals surface area contributed by atoms with Crippen LogP contribution in [0.25, 0.3) is 0 Å². The minimum Gasteiger partial charge on any atom is -0.494 e. The molecule has 0 atom stereocenters. The summed E-state index contributed by atoms with van der Waals surface area (Å²) in [6, 6.07) is 29.1. The molecular formula is C33H38O3S. The first-order valence-corrected chi connectivity index (χ1v) is 15.6. The zero-order chi connectivity index (χ0) is 25.3. The summed E-state index contributed by atoms with van der Waals surface area (Å²) in [4.78, 5) is 17.6. The lowest BCUT2D eigenvalue weighted by Gasteiger charge is -2.56. The molecule has 0 unspecified atom stereocenters. The summed E-state index contributed by atoms with van der Waals surface area (Å²) in [5.41, 5.74) is -0.320. The van der Waals surface area contributed by atoms with Crippen LogP contribution in [0, 0.1) is 23.2 Å². The molecule has 7 rings (SSSR count). The minimum absolute atomic E-state index is 0.0255. The fourth-order valence-corrected chi connectivity index (χ4v) is 10.5. The van der Waals surface area contributed by atoms with Gasteiger partial charge in [-0.05, 0) is 122 Å². The second kappa shape index (κ2) is 10.2. The maximum atomic E-state index is 14.4. The maximum Gasteiger partial charge on any atom is 0.323 e. The van der Waals surface area contributed by atoms with Gasteiger partial charge >= 0.3 is 5.97 Å². The van der Waals surface area contributed by atoms with Crippen LogP contribution in [0.5, 0.6) is 5.75 Å². The van der Waals surface area contributed by atoms with Gasteiger partial charge < -0.3 is 8.92 Å². The quantitative estimate of drug-likeness (QED) is 0.268. The van der Waals surface area contributed by atoms with Crippen molar-refractivity contribution in [3.05, 3.63) is 84.9 Å². The van der Waals surface area contributed by atoms with Gasteiger partial charge in [-0.15, -0.1) is 0 Å². The molecule has 0 heterocycles. The molecule has 194 valence electrons. The van der Waals surface area contributed by atoms with E-state index in [1.54, 1.807) is 0 Å². The van der Waals surface area contributed by atoms with E-state index >= 15 is 0 Å². The minimum atomic E-state index is -2.27. The van der Waals surface area contributed by atoms with Crippen molar-refractivity contribution in [1.29, 1.82) is 0 Å². The molecule has 4 aliphatic carbocycles. The molecule has 4 heteroatoms. The van der Waals surface area contributed by atoms with Crippen molar-refractivity contribution in [2.24, 2.45) is 23.2 Å². The molecule has 0 amide bonds. The molecule has 4 saturated carbocycles. The molecule has 0 aliphatic heterocycles. The highest BCUT2D eigenvalue weighted by Gasteiger charge is 2.57. The lowest BCUT2D eigenvalue weighted by Crippen LogP contribution is -2.50. The number of ether oxygens (including phenoxy) is 1. The molecule has 0 saturated heterocycles. The van der Waals surface area contributed by atoms with Gasteiger partial charge in [0.1, 0.15) is 5.75 Å². The number of hydrogen-bond donors (Lipinski definition) is 0. The molecule has 4 fully saturated rings. The zero-order valence-corrected chi connectivity index (χ0v) is 22.6. The lowest BCUT2D eigenvalue weighted by molar-refractivity contribution is -0.160. The van der Waals surface area contributed by atoms with Crippen molar-refractivity contribution in [3.8, 4) is 5.75 Å². The number of rotatable bonds is 9. The first kappa shape index (κ1) is 24.6. The Morgan fingerprint density at radius 3 is 1.73 bits per heavy atom. The maximum absolute atomic E-state index is 14.4. The molecule has 37 heavy (non-hydrogen) atoms. The van der Waals surface area contributed by atoms with E-state index in [9.17, 15) is 4.79 Å². The van der Waals surface area contributed by atoms with Crippen LogP contribution >= 0.6 is 10.3 Å². The van der Waals surface area contributed by atoms with Gasteiger partial charge in [-0.3, -0.25) is 4.79 Å². The normalized spacial score (nSPS) is 26.6. The van der Waals surface area contributed by atoms with E-state index in [1.165, 1.54) is 19.3 Å². The number of benzene rings is 3. The Morgan fingerprint density at radius 2 is 1.24 bits per heavy atom. The van der Waals surface area contributed by atoms with Crippen LogP contribution in [0.4, 0.5) is 0 Å². The van der Waals surface area contributed by atoms with Crippen LogP contribution < -0.4 is 4.74 Å². The van der Waals surface area contributed by atoms with Crippen LogP contribution in [-0.2, 0) is 8.98 Å². The van der Waals surface area contributed by atoms with Gasteiger partial charge in [0.25, 0.3) is 0 Å². The standard InChI is InChI=1S/C33H38O3S/c1-2-3-18-35-28-14-16-31(17-15-28)37(29-10-6-4-7-11-29,30-12-8-5-9-13-30)36-32(34)33-22-25-19-26(23-33)21-27(20-25)24-33/h4-17,25-27H,2-3,18-24H2,1H3. The Morgan fingerprint density at radius 1 is 0.757 bits per heavy atom. The topological polar surface area (TPSA) is 35.5 Å². The smallest absolute Gasteiger partial charge is 0.323 e. The molecule has 3 aromatic carbocycles. The van der Waals surface area contributed by atoms with Crippen molar-refractivity contribution in [3.63, 3.8) is 0 Å². The SMILES string of the molecule is CCCCOc1ccc(S(OC(=O)C23CC4CC(CC(C4)C2)C3)(c2ccccc2)c2ccccc2)cc1. The van der Waals surface area contributed by atoms with Gasteiger partial charge in [0.05, 0.1) is 12.0 Å². The Hall–Kier alpha value is -2.72. The Bertz CT molecular complexity index is 1130. The number of carbonyl (C=O) groups excluding carboxylic acids is 1. The highest BCUT2D eigenvalue weighted by atomic mass is 32.3. The van der Waals surface area contributed by atoms with E-state index in [0.717, 1.165) is 52.5 Å². The molecule has 3 nitrogen and oxygen atoms in total. The van der Waals surface area contributed by atoms with Crippen LogP contribution in [0.15, 0.2) is 99.6 Å². The van der Waals surface area contributed by atoms with E-state index < -0.39 is 10.3 Å². The molecule has 4 bridgehead atoms. The molecule has 0 aromatic heterocycles.